The highest BCUT2D eigenvalue weighted by atomic mass is 19.1. The van der Waals surface area contributed by atoms with Crippen molar-refractivity contribution in [1.29, 1.82) is 0 Å². The Balaban J connectivity index is 1.54. The van der Waals surface area contributed by atoms with Crippen LogP contribution in [0.3, 0.4) is 0 Å². The molecule has 2 aromatic rings. The highest BCUT2D eigenvalue weighted by Gasteiger charge is 2.44. The average molecular weight is 343 g/mol. The molecule has 5 nitrogen and oxygen atoms in total. The zero-order valence-corrected chi connectivity index (χ0v) is 14.5. The summed E-state index contributed by atoms with van der Waals surface area (Å²) in [5, 5.41) is 4.44. The number of aromatic nitrogens is 2. The molecule has 1 amide bonds. The summed E-state index contributed by atoms with van der Waals surface area (Å²) < 4.78 is 20.9. The van der Waals surface area contributed by atoms with Crippen LogP contribution in [0.15, 0.2) is 30.6 Å². The van der Waals surface area contributed by atoms with Crippen LogP contribution in [0.2, 0.25) is 0 Å². The summed E-state index contributed by atoms with van der Waals surface area (Å²) in [5.41, 5.74) is 1.54. The van der Waals surface area contributed by atoms with Crippen molar-refractivity contribution in [3.05, 3.63) is 47.5 Å². The first-order valence-corrected chi connectivity index (χ1v) is 8.73. The predicted octanol–water partition coefficient (Wildman–Crippen LogP) is 3.35. The Bertz CT molecular complexity index is 790. The SMILES string of the molecule is COc1ccc(C(=O)N2C3CCC2CC(n2cc(C)cn2)C3)cc1F. The molecule has 1 aromatic carbocycles. The van der Waals surface area contributed by atoms with Gasteiger partial charge in [-0.2, -0.15) is 5.10 Å². The van der Waals surface area contributed by atoms with E-state index in [0.29, 0.717) is 11.6 Å². The highest BCUT2D eigenvalue weighted by molar-refractivity contribution is 5.95. The number of nitrogens with zero attached hydrogens (tertiary/aromatic N) is 3. The number of fused-ring (bicyclic) bond motifs is 2. The molecule has 132 valence electrons. The molecule has 2 saturated heterocycles. The molecule has 3 heterocycles. The minimum Gasteiger partial charge on any atom is -0.494 e. The van der Waals surface area contributed by atoms with Gasteiger partial charge in [0.1, 0.15) is 0 Å². The Hall–Kier alpha value is -2.37. The van der Waals surface area contributed by atoms with Crippen LogP contribution in [0.5, 0.6) is 5.75 Å². The van der Waals surface area contributed by atoms with Gasteiger partial charge in [-0.15, -0.1) is 0 Å². The van der Waals surface area contributed by atoms with Gasteiger partial charge in [-0.05, 0) is 56.4 Å². The number of carbonyl (C=O) groups excluding carboxylic acids is 1. The van der Waals surface area contributed by atoms with Gasteiger partial charge in [0.05, 0.1) is 19.3 Å². The second-order valence-corrected chi connectivity index (χ2v) is 7.07. The molecule has 2 bridgehead atoms. The van der Waals surface area contributed by atoms with Crippen molar-refractivity contribution in [1.82, 2.24) is 14.7 Å². The molecule has 0 N–H and O–H groups in total. The Morgan fingerprint density at radius 3 is 2.52 bits per heavy atom. The van der Waals surface area contributed by atoms with E-state index in [4.69, 9.17) is 4.74 Å². The van der Waals surface area contributed by atoms with E-state index in [-0.39, 0.29) is 23.7 Å². The molecular weight excluding hydrogens is 321 g/mol. The van der Waals surface area contributed by atoms with Gasteiger partial charge in [0, 0.05) is 23.8 Å². The quantitative estimate of drug-likeness (QED) is 0.859. The first-order chi connectivity index (χ1) is 12.1. The zero-order valence-electron chi connectivity index (χ0n) is 14.5. The molecule has 0 radical (unpaired) electrons. The van der Waals surface area contributed by atoms with Crippen molar-refractivity contribution in [3.8, 4) is 5.75 Å². The van der Waals surface area contributed by atoms with Gasteiger partial charge in [-0.25, -0.2) is 4.39 Å². The van der Waals surface area contributed by atoms with E-state index in [0.717, 1.165) is 31.2 Å². The largest absolute Gasteiger partial charge is 0.494 e. The van der Waals surface area contributed by atoms with E-state index >= 15 is 0 Å². The van der Waals surface area contributed by atoms with E-state index in [1.54, 1.807) is 6.07 Å². The molecular formula is C19H22FN3O2. The summed E-state index contributed by atoms with van der Waals surface area (Å²) in [6, 6.07) is 5.18. The van der Waals surface area contributed by atoms with E-state index in [1.165, 1.54) is 19.2 Å². The number of hydrogen-bond donors (Lipinski definition) is 0. The number of benzene rings is 1. The van der Waals surface area contributed by atoms with Crippen LogP contribution in [0, 0.1) is 12.7 Å². The molecule has 2 unspecified atom stereocenters. The van der Waals surface area contributed by atoms with Crippen LogP contribution in [0.1, 0.15) is 47.6 Å². The van der Waals surface area contributed by atoms with Gasteiger partial charge in [-0.3, -0.25) is 9.48 Å². The van der Waals surface area contributed by atoms with Gasteiger partial charge in [0.15, 0.2) is 11.6 Å². The van der Waals surface area contributed by atoms with E-state index in [9.17, 15) is 9.18 Å². The van der Waals surface area contributed by atoms with Gasteiger partial charge >= 0.3 is 0 Å². The third-order valence-corrected chi connectivity index (χ3v) is 5.45. The lowest BCUT2D eigenvalue weighted by Crippen LogP contribution is -2.47. The molecule has 6 heteroatoms. The van der Waals surface area contributed by atoms with Gasteiger partial charge in [0.2, 0.25) is 0 Å². The second-order valence-electron chi connectivity index (χ2n) is 7.07. The maximum atomic E-state index is 14.0. The van der Waals surface area contributed by atoms with Crippen LogP contribution in [-0.2, 0) is 0 Å². The first kappa shape index (κ1) is 16.1. The lowest BCUT2D eigenvalue weighted by atomic mass is 9.96. The smallest absolute Gasteiger partial charge is 0.254 e. The van der Waals surface area contributed by atoms with Crippen LogP contribution >= 0.6 is 0 Å². The minimum atomic E-state index is -0.498. The Morgan fingerprint density at radius 2 is 1.96 bits per heavy atom. The summed E-state index contributed by atoms with van der Waals surface area (Å²) in [7, 11) is 1.42. The van der Waals surface area contributed by atoms with Crippen molar-refractivity contribution in [2.75, 3.05) is 7.11 Å². The second kappa shape index (κ2) is 6.17. The van der Waals surface area contributed by atoms with Crippen molar-refractivity contribution in [2.24, 2.45) is 0 Å². The number of halogens is 1. The standard InChI is InChI=1S/C19H22FN3O2/c1-12-10-21-22(11-12)16-8-14-4-5-15(9-16)23(14)19(24)13-3-6-18(25-2)17(20)7-13/h3,6-7,10-11,14-16H,4-5,8-9H2,1-2H3. The van der Waals surface area contributed by atoms with Crippen molar-refractivity contribution in [2.45, 2.75) is 50.7 Å². The van der Waals surface area contributed by atoms with Crippen LogP contribution < -0.4 is 4.74 Å². The Labute approximate surface area is 146 Å². The van der Waals surface area contributed by atoms with Gasteiger partial charge in [-0.1, -0.05) is 0 Å². The minimum absolute atomic E-state index is 0.0795. The normalized spacial score (nSPS) is 25.2. The van der Waals surface area contributed by atoms with Crippen LogP contribution in [0.4, 0.5) is 4.39 Å². The highest BCUT2D eigenvalue weighted by Crippen LogP contribution is 2.41. The molecule has 25 heavy (non-hydrogen) atoms. The Morgan fingerprint density at radius 1 is 1.24 bits per heavy atom. The molecule has 0 saturated carbocycles. The number of methoxy groups -OCH3 is 1. The van der Waals surface area contributed by atoms with E-state index in [2.05, 4.69) is 11.3 Å². The lowest BCUT2D eigenvalue weighted by molar-refractivity contribution is 0.0523. The number of carbonyl (C=O) groups is 1. The monoisotopic (exact) mass is 343 g/mol. The summed E-state index contributed by atoms with van der Waals surface area (Å²) in [5.74, 6) is -0.418. The number of rotatable bonds is 3. The maximum Gasteiger partial charge on any atom is 0.254 e. The molecule has 0 aliphatic carbocycles. The molecule has 1 aromatic heterocycles. The maximum absolute atomic E-state index is 14.0. The van der Waals surface area contributed by atoms with E-state index in [1.807, 2.05) is 22.7 Å². The van der Waals surface area contributed by atoms with Crippen LogP contribution in [0.25, 0.3) is 0 Å². The number of ether oxygens (including phenoxy) is 1. The summed E-state index contributed by atoms with van der Waals surface area (Å²) in [4.78, 5) is 14.9. The average Bonchev–Trinajstić information content (AvgIpc) is 3.15. The lowest BCUT2D eigenvalue weighted by Gasteiger charge is -2.39. The number of hydrogen-bond acceptors (Lipinski definition) is 3. The molecule has 4 rings (SSSR count). The van der Waals surface area contributed by atoms with Gasteiger partial charge in [0.25, 0.3) is 5.91 Å². The molecule has 2 aliphatic rings. The fourth-order valence-electron chi connectivity index (χ4n) is 4.28. The molecule has 2 aliphatic heterocycles. The summed E-state index contributed by atoms with van der Waals surface area (Å²) in [6.45, 7) is 2.04. The number of aryl methyl sites for hydroxylation is 1. The number of piperidine rings is 1. The zero-order chi connectivity index (χ0) is 17.6. The van der Waals surface area contributed by atoms with Crippen molar-refractivity contribution in [3.63, 3.8) is 0 Å². The number of amides is 1. The van der Waals surface area contributed by atoms with Gasteiger partial charge < -0.3 is 9.64 Å². The predicted molar refractivity (Wildman–Crippen MR) is 91.2 cm³/mol. The fourth-order valence-corrected chi connectivity index (χ4v) is 4.28. The fraction of sp³-hybridized carbons (Fsp3) is 0.474. The summed E-state index contributed by atoms with van der Waals surface area (Å²) >= 11 is 0. The Kier molecular flexibility index (Phi) is 3.98. The van der Waals surface area contributed by atoms with Crippen molar-refractivity contribution >= 4 is 5.91 Å². The summed E-state index contributed by atoms with van der Waals surface area (Å²) in [6.07, 6.45) is 7.77. The van der Waals surface area contributed by atoms with Crippen LogP contribution in [-0.4, -0.2) is 39.8 Å². The van der Waals surface area contributed by atoms with E-state index < -0.39 is 5.82 Å². The third kappa shape index (κ3) is 2.79. The van der Waals surface area contributed by atoms with Crippen molar-refractivity contribution < 1.29 is 13.9 Å². The molecule has 2 atom stereocenters. The first-order valence-electron chi connectivity index (χ1n) is 8.73. The molecule has 0 spiro atoms. The molecule has 2 fully saturated rings. The third-order valence-electron chi connectivity index (χ3n) is 5.45. The topological polar surface area (TPSA) is 47.4 Å².